The van der Waals surface area contributed by atoms with Crippen molar-refractivity contribution in [2.24, 2.45) is 0 Å². The van der Waals surface area contributed by atoms with E-state index < -0.39 is 15.1 Å². The predicted molar refractivity (Wildman–Crippen MR) is 129 cm³/mol. The molecule has 0 saturated carbocycles. The van der Waals surface area contributed by atoms with Crippen LogP contribution in [0.5, 0.6) is 0 Å². The van der Waals surface area contributed by atoms with Gasteiger partial charge in [-0.3, -0.25) is 0 Å². The van der Waals surface area contributed by atoms with Crippen molar-refractivity contribution in [1.29, 1.82) is 0 Å². The molecule has 0 spiro atoms. The molecule has 0 radical (unpaired) electrons. The number of hydrogen-bond donors (Lipinski definition) is 0. The van der Waals surface area contributed by atoms with Crippen LogP contribution in [0.15, 0.2) is 24.3 Å². The van der Waals surface area contributed by atoms with E-state index >= 15 is 0 Å². The Kier molecular flexibility index (Phi) is 11.2. The maximum absolute atomic E-state index is 14.4. The zero-order valence-electron chi connectivity index (χ0n) is 18.6. The average molecular weight is 615 g/mol. The van der Waals surface area contributed by atoms with E-state index in [1.807, 2.05) is 0 Å². The van der Waals surface area contributed by atoms with Crippen LogP contribution in [0.1, 0.15) is 69.2 Å². The van der Waals surface area contributed by atoms with Crippen LogP contribution in [0, 0.1) is 0 Å². The first-order valence-corrected chi connectivity index (χ1v) is 19.8. The fraction of sp³-hybridized carbons (Fsp3) is 0.714. The zero-order valence-corrected chi connectivity index (χ0v) is 24.4. The molecule has 0 N–H and O–H groups in total. The quantitative estimate of drug-likeness (QED) is 0.340. The molecule has 0 aliphatic heterocycles. The van der Waals surface area contributed by atoms with Gasteiger partial charge < -0.3 is 4.57 Å². The Hall–Kier alpha value is 1.07. The van der Waals surface area contributed by atoms with E-state index in [4.69, 9.17) is 8.45 Å². The third kappa shape index (κ3) is 6.28. The third-order valence-electron chi connectivity index (χ3n) is 4.69. The molecule has 0 saturated heterocycles. The number of halogens is 1. The molecule has 0 amide bonds. The van der Waals surface area contributed by atoms with E-state index in [1.54, 1.807) is 0 Å². The Morgan fingerprint density at radius 2 is 1.27 bits per heavy atom. The van der Waals surface area contributed by atoms with Crippen molar-refractivity contribution in [3.05, 3.63) is 24.3 Å². The normalized spacial score (nSPS) is 13.2. The molecule has 0 bridgehead atoms. The molecule has 0 aliphatic rings. The van der Waals surface area contributed by atoms with E-state index in [2.05, 4.69) is 98.1 Å². The van der Waals surface area contributed by atoms with Crippen LogP contribution in [0.4, 0.5) is 0 Å². The SMILES string of the molecule is CC(C)[PH+](c1ccccc1P(=O)(C(C)(C)C)C(C)(C)C)C(C)C.[CH3][Po][Cl]. The van der Waals surface area contributed by atoms with Crippen molar-refractivity contribution in [2.75, 3.05) is 0 Å². The van der Waals surface area contributed by atoms with Gasteiger partial charge >= 0.3 is 35.4 Å². The average Bonchev–Trinajstić information content (AvgIpc) is 2.44. The molecule has 1 nitrogen and oxygen atoms in total. The summed E-state index contributed by atoms with van der Waals surface area (Å²) >= 11 is -0.278. The predicted octanol–water partition coefficient (Wildman–Crippen LogP) is 6.82. The summed E-state index contributed by atoms with van der Waals surface area (Å²) in [4.78, 5) is 0. The molecular weight excluding hydrogens is 575 g/mol. The first-order chi connectivity index (χ1) is 11.7. The van der Waals surface area contributed by atoms with Crippen LogP contribution >= 0.6 is 23.5 Å². The molecular formula is C21H40ClOP2Po+. The van der Waals surface area contributed by atoms with Gasteiger partial charge in [0.05, 0.1) is 16.6 Å². The monoisotopic (exact) mass is 614 g/mol. The van der Waals surface area contributed by atoms with Crippen LogP contribution in [-0.2, 0) is 4.57 Å². The van der Waals surface area contributed by atoms with Crippen molar-refractivity contribution in [3.63, 3.8) is 0 Å². The van der Waals surface area contributed by atoms with Crippen molar-refractivity contribution in [2.45, 2.75) is 95.5 Å². The van der Waals surface area contributed by atoms with Gasteiger partial charge in [0.2, 0.25) is 0 Å². The molecule has 1 aromatic rings. The molecule has 0 aromatic heterocycles. The summed E-state index contributed by atoms with van der Waals surface area (Å²) in [5.41, 5.74) is 1.27. The summed E-state index contributed by atoms with van der Waals surface area (Å²) in [6, 6.07) is 8.61. The molecule has 0 heterocycles. The van der Waals surface area contributed by atoms with Gasteiger partial charge in [-0.05, 0) is 39.8 Å². The molecule has 5 heteroatoms. The van der Waals surface area contributed by atoms with Gasteiger partial charge in [-0.2, -0.15) is 0 Å². The number of benzene rings is 1. The molecule has 26 heavy (non-hydrogen) atoms. The first kappa shape index (κ1) is 27.1. The second-order valence-electron chi connectivity index (χ2n) is 9.39. The van der Waals surface area contributed by atoms with Crippen molar-refractivity contribution in [1.82, 2.24) is 0 Å². The number of hydrogen-bond acceptors (Lipinski definition) is 1. The molecule has 152 valence electrons. The Morgan fingerprint density at radius 1 is 0.923 bits per heavy atom. The van der Waals surface area contributed by atoms with Gasteiger partial charge in [0.15, 0.2) is 0 Å². The van der Waals surface area contributed by atoms with Gasteiger partial charge in [0, 0.05) is 18.2 Å². The standard InChI is InChI=1S/C20H36OP2.CH3.ClH.Po/c1-15(2)22(16(3)4)17-13-11-12-14-18(17)23(21,19(5,6)7)20(8,9)10;;;/h11-16H,1-10H3;1H3;1H;/q;;;+1. The summed E-state index contributed by atoms with van der Waals surface area (Å²) in [6.07, 6.45) is 0. The van der Waals surface area contributed by atoms with E-state index in [9.17, 15) is 4.57 Å². The van der Waals surface area contributed by atoms with Gasteiger partial charge in [-0.25, -0.2) is 0 Å². The topological polar surface area (TPSA) is 17.1 Å². The van der Waals surface area contributed by atoms with Crippen LogP contribution in [0.2, 0.25) is 4.58 Å². The van der Waals surface area contributed by atoms with Gasteiger partial charge in [-0.1, -0.05) is 53.7 Å². The Labute approximate surface area is 179 Å². The van der Waals surface area contributed by atoms with Crippen LogP contribution in [-0.4, -0.2) is 44.0 Å². The van der Waals surface area contributed by atoms with E-state index in [-0.39, 0.29) is 32.7 Å². The zero-order chi connectivity index (χ0) is 20.9. The number of rotatable bonds is 4. The van der Waals surface area contributed by atoms with Crippen LogP contribution in [0.3, 0.4) is 0 Å². The molecule has 0 unspecified atom stereocenters. The van der Waals surface area contributed by atoms with Crippen molar-refractivity contribution in [3.8, 4) is 0 Å². The van der Waals surface area contributed by atoms with Gasteiger partial charge in [-0.15, -0.1) is 0 Å². The molecule has 1 rings (SSSR count). The Bertz CT molecular complexity index is 575. The summed E-state index contributed by atoms with van der Waals surface area (Å²) in [6.45, 7) is 22.2. The molecule has 0 fully saturated rings. The summed E-state index contributed by atoms with van der Waals surface area (Å²) < 4.78 is 16.5. The summed E-state index contributed by atoms with van der Waals surface area (Å²) in [5, 5.41) is 2.08. The van der Waals surface area contributed by atoms with Crippen LogP contribution in [0.25, 0.3) is 0 Å². The van der Waals surface area contributed by atoms with Gasteiger partial charge in [0.1, 0.15) is 12.4 Å². The van der Waals surface area contributed by atoms with E-state index in [0.29, 0.717) is 11.3 Å². The van der Waals surface area contributed by atoms with Crippen molar-refractivity contribution >= 4 is 56.5 Å². The maximum atomic E-state index is 14.4. The fourth-order valence-electron chi connectivity index (χ4n) is 4.01. The fourth-order valence-corrected chi connectivity index (χ4v) is 12.3. The second-order valence-corrected chi connectivity index (χ2v) is 21.4. The minimum atomic E-state index is -2.58. The summed E-state index contributed by atoms with van der Waals surface area (Å²) in [7, 11) is 1.82. The van der Waals surface area contributed by atoms with Crippen LogP contribution < -0.4 is 10.6 Å². The van der Waals surface area contributed by atoms with E-state index in [1.165, 1.54) is 5.30 Å². The first-order valence-electron chi connectivity index (χ1n) is 9.38. The minimum absolute atomic E-state index is 0.234. The second kappa shape index (κ2) is 10.7. The van der Waals surface area contributed by atoms with Crippen molar-refractivity contribution < 1.29 is 4.57 Å². The molecule has 0 atom stereocenters. The summed E-state index contributed by atoms with van der Waals surface area (Å²) in [5.74, 6) is 0. The third-order valence-corrected chi connectivity index (χ3v) is 13.3. The van der Waals surface area contributed by atoms with E-state index in [0.717, 1.165) is 5.30 Å². The molecule has 1 aromatic carbocycles. The molecule has 0 aliphatic carbocycles. The van der Waals surface area contributed by atoms with Gasteiger partial charge in [0.25, 0.3) is 0 Å². The Balaban J connectivity index is 0.00000194. The Morgan fingerprint density at radius 3 is 1.58 bits per heavy atom.